The minimum atomic E-state index is -0.980. The van der Waals surface area contributed by atoms with Gasteiger partial charge >= 0.3 is 11.9 Å². The summed E-state index contributed by atoms with van der Waals surface area (Å²) in [6.07, 6.45) is 4.80. The fourth-order valence-corrected chi connectivity index (χ4v) is 5.62. The molecular weight excluding hydrogens is 467 g/mol. The topological polar surface area (TPSA) is 102 Å². The molecule has 0 amide bonds. The molecule has 2 aliphatic carbocycles. The predicted octanol–water partition coefficient (Wildman–Crippen LogP) is 3.87. The van der Waals surface area contributed by atoms with E-state index in [4.69, 9.17) is 14.2 Å². The third kappa shape index (κ3) is 6.16. The number of fused-ring (bicyclic) bond motifs is 1. The normalized spacial score (nSPS) is 32.6. The van der Waals surface area contributed by atoms with Crippen molar-refractivity contribution in [3.8, 4) is 5.75 Å². The van der Waals surface area contributed by atoms with Crippen molar-refractivity contribution in [3.63, 3.8) is 0 Å². The van der Waals surface area contributed by atoms with Gasteiger partial charge in [0.25, 0.3) is 0 Å². The molecule has 1 heterocycles. The molecule has 1 fully saturated rings. The fourth-order valence-electron chi connectivity index (χ4n) is 5.62. The molecule has 8 atom stereocenters. The third-order valence-corrected chi connectivity index (χ3v) is 7.44. The van der Waals surface area contributed by atoms with Gasteiger partial charge in [0.2, 0.25) is 0 Å². The van der Waals surface area contributed by atoms with Gasteiger partial charge in [-0.2, -0.15) is 0 Å². The zero-order chi connectivity index (χ0) is 25.8. The summed E-state index contributed by atoms with van der Waals surface area (Å²) in [5.41, 5.74) is 0.915. The highest BCUT2D eigenvalue weighted by Gasteiger charge is 2.43. The van der Waals surface area contributed by atoms with E-state index in [9.17, 15) is 24.2 Å². The van der Waals surface area contributed by atoms with Crippen LogP contribution in [0.4, 0.5) is 4.39 Å². The Morgan fingerprint density at radius 2 is 2.00 bits per heavy atom. The van der Waals surface area contributed by atoms with E-state index in [1.165, 1.54) is 12.1 Å². The second-order valence-electron chi connectivity index (χ2n) is 10.1. The number of halogens is 1. The Kier molecular flexibility index (Phi) is 8.46. The minimum Gasteiger partial charge on any atom is -0.476 e. The maximum atomic E-state index is 14.1. The lowest BCUT2D eigenvalue weighted by atomic mass is 9.66. The molecule has 3 aliphatic rings. The quantitative estimate of drug-likeness (QED) is 0.520. The predicted molar refractivity (Wildman–Crippen MR) is 129 cm³/mol. The van der Waals surface area contributed by atoms with Gasteiger partial charge in [0.1, 0.15) is 12.2 Å². The number of para-hydroxylation sites is 1. The average Bonchev–Trinajstić information content (AvgIpc) is 2.82. The summed E-state index contributed by atoms with van der Waals surface area (Å²) in [7, 11) is 0. The second kappa shape index (κ2) is 11.6. The van der Waals surface area contributed by atoms with Gasteiger partial charge in [0.05, 0.1) is 18.6 Å². The van der Waals surface area contributed by atoms with Crippen molar-refractivity contribution in [2.24, 2.45) is 17.8 Å². The van der Waals surface area contributed by atoms with Gasteiger partial charge in [-0.15, -0.1) is 0 Å². The van der Waals surface area contributed by atoms with Crippen molar-refractivity contribution in [1.82, 2.24) is 0 Å². The molecule has 1 aliphatic heterocycles. The molecule has 0 radical (unpaired) electrons. The van der Waals surface area contributed by atoms with Gasteiger partial charge < -0.3 is 24.4 Å². The molecule has 0 saturated carbocycles. The van der Waals surface area contributed by atoms with Gasteiger partial charge in [-0.1, -0.05) is 44.2 Å². The van der Waals surface area contributed by atoms with Crippen LogP contribution in [0.3, 0.4) is 0 Å². The Labute approximate surface area is 210 Å². The van der Waals surface area contributed by atoms with Crippen molar-refractivity contribution in [3.05, 3.63) is 53.9 Å². The maximum absolute atomic E-state index is 14.1. The SMILES string of the molecule is CC[C@H](Oc1ccccc1F)C(=O)OC1CC(O)C=C2C=CC(C)C(CC[C@@H]3C[C@@H](O)CC(=O)O3)C21. The standard InChI is InChI=1S/C28H35FO7/c1-3-23(35-24-7-5-4-6-22(24)29)28(33)36-25-14-18(30)12-17-9-8-16(2)21(27(17)25)11-10-20-13-19(31)15-26(32)34-20/h4-9,12,16,18-21,23,25,27,30-31H,3,10-11,13-15H2,1-2H3/t16?,18?,19-,20-,21?,23+,25?,27?/m1/s1. The van der Waals surface area contributed by atoms with Gasteiger partial charge in [-0.25, -0.2) is 9.18 Å². The van der Waals surface area contributed by atoms with Crippen LogP contribution < -0.4 is 4.74 Å². The van der Waals surface area contributed by atoms with Crippen LogP contribution in [0.15, 0.2) is 48.1 Å². The Balaban J connectivity index is 1.48. The number of rotatable bonds is 8. The number of aliphatic hydroxyl groups excluding tert-OH is 2. The molecule has 4 rings (SSSR count). The van der Waals surface area contributed by atoms with E-state index in [-0.39, 0.29) is 48.4 Å². The molecule has 8 heteroatoms. The van der Waals surface area contributed by atoms with Gasteiger partial charge in [0, 0.05) is 18.8 Å². The molecule has 7 nitrogen and oxygen atoms in total. The van der Waals surface area contributed by atoms with Gasteiger partial charge in [0.15, 0.2) is 17.7 Å². The van der Waals surface area contributed by atoms with E-state index in [1.807, 2.05) is 12.2 Å². The first-order valence-electron chi connectivity index (χ1n) is 12.8. The van der Waals surface area contributed by atoms with E-state index in [0.717, 1.165) is 5.57 Å². The van der Waals surface area contributed by atoms with Crippen molar-refractivity contribution < 1.29 is 38.4 Å². The number of cyclic esters (lactones) is 1. The highest BCUT2D eigenvalue weighted by molar-refractivity contribution is 5.75. The summed E-state index contributed by atoms with van der Waals surface area (Å²) in [4.78, 5) is 24.9. The van der Waals surface area contributed by atoms with Crippen LogP contribution in [-0.4, -0.2) is 52.7 Å². The molecule has 1 saturated heterocycles. The first kappa shape index (κ1) is 26.4. The van der Waals surface area contributed by atoms with Gasteiger partial charge in [-0.05, 0) is 48.8 Å². The monoisotopic (exact) mass is 502 g/mol. The van der Waals surface area contributed by atoms with Crippen LogP contribution >= 0.6 is 0 Å². The Hall–Kier alpha value is -2.71. The minimum absolute atomic E-state index is 0.0121. The molecule has 196 valence electrons. The zero-order valence-electron chi connectivity index (χ0n) is 20.7. The van der Waals surface area contributed by atoms with Crippen molar-refractivity contribution >= 4 is 11.9 Å². The van der Waals surface area contributed by atoms with E-state index >= 15 is 0 Å². The fraction of sp³-hybridized carbons (Fsp3) is 0.571. The molecule has 0 bridgehead atoms. The molecule has 36 heavy (non-hydrogen) atoms. The number of carbonyl (C=O) groups excluding carboxylic acids is 2. The Morgan fingerprint density at radius 3 is 2.72 bits per heavy atom. The molecular formula is C28H35FO7. The summed E-state index contributed by atoms with van der Waals surface area (Å²) in [6, 6.07) is 5.92. The number of carbonyl (C=O) groups is 2. The van der Waals surface area contributed by atoms with Gasteiger partial charge in [-0.3, -0.25) is 4.79 Å². The smallest absolute Gasteiger partial charge is 0.347 e. The van der Waals surface area contributed by atoms with Crippen molar-refractivity contribution in [2.45, 2.75) is 82.9 Å². The summed E-state index contributed by atoms with van der Waals surface area (Å²) >= 11 is 0. The molecule has 5 unspecified atom stereocenters. The molecule has 0 aromatic heterocycles. The van der Waals surface area contributed by atoms with Crippen LogP contribution in [-0.2, 0) is 19.1 Å². The first-order valence-corrected chi connectivity index (χ1v) is 12.8. The van der Waals surface area contributed by atoms with Crippen molar-refractivity contribution in [2.75, 3.05) is 0 Å². The van der Waals surface area contributed by atoms with E-state index in [1.54, 1.807) is 19.1 Å². The maximum Gasteiger partial charge on any atom is 0.347 e. The highest BCUT2D eigenvalue weighted by Crippen LogP contribution is 2.44. The summed E-state index contributed by atoms with van der Waals surface area (Å²) in [6.45, 7) is 3.86. The number of benzene rings is 1. The Bertz CT molecular complexity index is 1010. The van der Waals surface area contributed by atoms with E-state index < -0.39 is 36.2 Å². The third-order valence-electron chi connectivity index (χ3n) is 7.44. The van der Waals surface area contributed by atoms with Crippen LogP contribution in [0.1, 0.15) is 52.4 Å². The Morgan fingerprint density at radius 1 is 1.22 bits per heavy atom. The average molecular weight is 503 g/mol. The van der Waals surface area contributed by atoms with Crippen LogP contribution in [0.2, 0.25) is 0 Å². The lowest BCUT2D eigenvalue weighted by molar-refractivity contribution is -0.165. The molecule has 1 aromatic rings. The number of esters is 2. The number of ether oxygens (including phenoxy) is 3. The summed E-state index contributed by atoms with van der Waals surface area (Å²) in [5, 5.41) is 20.4. The first-order chi connectivity index (χ1) is 17.2. The number of aliphatic hydroxyl groups is 2. The number of hydrogen-bond donors (Lipinski definition) is 2. The van der Waals surface area contributed by atoms with Crippen LogP contribution in [0.25, 0.3) is 0 Å². The van der Waals surface area contributed by atoms with E-state index in [0.29, 0.717) is 25.7 Å². The largest absolute Gasteiger partial charge is 0.476 e. The lowest BCUT2D eigenvalue weighted by Crippen LogP contribution is -2.44. The van der Waals surface area contributed by atoms with Crippen LogP contribution in [0, 0.1) is 23.6 Å². The van der Waals surface area contributed by atoms with E-state index in [2.05, 4.69) is 13.0 Å². The number of allylic oxidation sites excluding steroid dienone is 2. The second-order valence-corrected chi connectivity index (χ2v) is 10.1. The molecule has 2 N–H and O–H groups in total. The van der Waals surface area contributed by atoms with Crippen molar-refractivity contribution in [1.29, 1.82) is 0 Å². The lowest BCUT2D eigenvalue weighted by Gasteiger charge is -2.43. The molecule has 0 spiro atoms. The van der Waals surface area contributed by atoms with Crippen LogP contribution in [0.5, 0.6) is 5.75 Å². The number of hydrogen-bond acceptors (Lipinski definition) is 7. The zero-order valence-corrected chi connectivity index (χ0v) is 20.7. The summed E-state index contributed by atoms with van der Waals surface area (Å²) < 4.78 is 31.1. The summed E-state index contributed by atoms with van der Waals surface area (Å²) in [5.74, 6) is -1.44. The highest BCUT2D eigenvalue weighted by atomic mass is 19.1. The molecule has 1 aromatic carbocycles.